The zero-order valence-electron chi connectivity index (χ0n) is 12.0. The van der Waals surface area contributed by atoms with E-state index in [0.717, 1.165) is 13.0 Å². The van der Waals surface area contributed by atoms with Crippen molar-refractivity contribution in [1.29, 1.82) is 0 Å². The molecule has 2 bridgehead atoms. The largest absolute Gasteiger partial charge is 0.298 e. The number of piperidine rings is 1. The van der Waals surface area contributed by atoms with Gasteiger partial charge in [0.15, 0.2) is 5.78 Å². The van der Waals surface area contributed by atoms with E-state index in [0.29, 0.717) is 24.3 Å². The lowest BCUT2D eigenvalue weighted by Crippen LogP contribution is -2.35. The summed E-state index contributed by atoms with van der Waals surface area (Å²) in [5.74, 6) is 1.07. The summed E-state index contributed by atoms with van der Waals surface area (Å²) < 4.78 is 0. The molecule has 0 radical (unpaired) electrons. The first-order valence-electron chi connectivity index (χ1n) is 7.69. The smallest absolute Gasteiger partial charge is 0.151 e. The molecule has 2 aromatic rings. The molecule has 4 rings (SSSR count). The van der Waals surface area contributed by atoms with Gasteiger partial charge >= 0.3 is 0 Å². The summed E-state index contributed by atoms with van der Waals surface area (Å²) in [7, 11) is 0. The van der Waals surface area contributed by atoms with E-state index in [1.807, 2.05) is 6.07 Å². The fourth-order valence-electron chi connectivity index (χ4n) is 4.01. The fourth-order valence-corrected chi connectivity index (χ4v) is 4.01. The first-order chi connectivity index (χ1) is 10.3. The van der Waals surface area contributed by atoms with Crippen molar-refractivity contribution in [3.8, 4) is 0 Å². The SMILES string of the molecule is O=C1CN2C[C@@H](c3ccccc3)C[C@@H]1[C@@H]2c1ccccc1. The van der Waals surface area contributed by atoms with E-state index in [-0.39, 0.29) is 5.92 Å². The molecule has 2 heterocycles. The summed E-state index contributed by atoms with van der Waals surface area (Å²) in [5.41, 5.74) is 2.66. The molecule has 106 valence electrons. The third-order valence-corrected chi connectivity index (χ3v) is 4.95. The van der Waals surface area contributed by atoms with Crippen LogP contribution < -0.4 is 0 Å². The van der Waals surface area contributed by atoms with Gasteiger partial charge in [-0.05, 0) is 23.5 Å². The zero-order chi connectivity index (χ0) is 14.2. The molecule has 4 atom stereocenters. The van der Waals surface area contributed by atoms with Crippen molar-refractivity contribution in [1.82, 2.24) is 4.90 Å². The first-order valence-corrected chi connectivity index (χ1v) is 7.69. The van der Waals surface area contributed by atoms with Crippen molar-refractivity contribution in [2.45, 2.75) is 18.4 Å². The standard InChI is InChI=1S/C19H19NO/c21-18-13-20-12-16(14-7-3-1-4-8-14)11-17(18)19(20)15-9-5-2-6-10-15/h1-10,16-17,19H,11-13H2/t16-,17-,19-/m0/s1. The quantitative estimate of drug-likeness (QED) is 0.838. The number of carbonyl (C=O) groups is 1. The summed E-state index contributed by atoms with van der Waals surface area (Å²) in [6.07, 6.45) is 0.985. The van der Waals surface area contributed by atoms with Gasteiger partial charge in [-0.15, -0.1) is 0 Å². The number of ketones is 1. The highest BCUT2D eigenvalue weighted by Gasteiger charge is 2.46. The molecule has 2 aromatic carbocycles. The maximum atomic E-state index is 12.4. The average Bonchev–Trinajstić information content (AvgIpc) is 2.74. The number of nitrogens with zero attached hydrogens (tertiary/aromatic N) is 1. The van der Waals surface area contributed by atoms with E-state index in [1.165, 1.54) is 11.1 Å². The van der Waals surface area contributed by atoms with E-state index in [2.05, 4.69) is 59.5 Å². The third-order valence-electron chi connectivity index (χ3n) is 4.95. The van der Waals surface area contributed by atoms with Crippen molar-refractivity contribution in [2.24, 2.45) is 5.92 Å². The van der Waals surface area contributed by atoms with E-state index in [1.54, 1.807) is 0 Å². The Morgan fingerprint density at radius 2 is 1.48 bits per heavy atom. The number of Topliss-reactive ketones (excluding diaryl/α,β-unsaturated/α-hetero) is 1. The van der Waals surface area contributed by atoms with Crippen molar-refractivity contribution in [3.63, 3.8) is 0 Å². The Morgan fingerprint density at radius 3 is 2.10 bits per heavy atom. The van der Waals surface area contributed by atoms with Crippen LogP contribution in [0, 0.1) is 5.92 Å². The molecule has 2 nitrogen and oxygen atoms in total. The Morgan fingerprint density at radius 1 is 0.857 bits per heavy atom. The molecule has 0 N–H and O–H groups in total. The summed E-state index contributed by atoms with van der Waals surface area (Å²) in [6.45, 7) is 1.61. The number of hydrogen-bond donors (Lipinski definition) is 0. The Bertz CT molecular complexity index is 637. The number of rotatable bonds is 2. The topological polar surface area (TPSA) is 20.3 Å². The van der Waals surface area contributed by atoms with Crippen molar-refractivity contribution >= 4 is 5.78 Å². The van der Waals surface area contributed by atoms with Gasteiger partial charge in [0.25, 0.3) is 0 Å². The lowest BCUT2D eigenvalue weighted by Gasteiger charge is -2.37. The highest BCUT2D eigenvalue weighted by Crippen LogP contribution is 2.46. The van der Waals surface area contributed by atoms with Crippen LogP contribution in [0.3, 0.4) is 0 Å². The van der Waals surface area contributed by atoms with Crippen molar-refractivity contribution < 1.29 is 4.79 Å². The molecule has 0 aliphatic carbocycles. The van der Waals surface area contributed by atoms with Crippen molar-refractivity contribution in [2.75, 3.05) is 13.1 Å². The minimum Gasteiger partial charge on any atom is -0.298 e. The summed E-state index contributed by atoms with van der Waals surface area (Å²) in [6, 6.07) is 21.4. The van der Waals surface area contributed by atoms with Gasteiger partial charge in [0.05, 0.1) is 6.54 Å². The highest BCUT2D eigenvalue weighted by molar-refractivity contribution is 5.86. The predicted octanol–water partition coefficient (Wildman–Crippen LogP) is 3.42. The molecule has 0 aromatic heterocycles. The van der Waals surface area contributed by atoms with Gasteiger partial charge in [0.1, 0.15) is 0 Å². The normalized spacial score (nSPS) is 31.3. The van der Waals surface area contributed by atoms with Gasteiger partial charge in [-0.25, -0.2) is 0 Å². The van der Waals surface area contributed by atoms with Gasteiger partial charge in [-0.1, -0.05) is 60.7 Å². The second-order valence-corrected chi connectivity index (χ2v) is 6.20. The lowest BCUT2D eigenvalue weighted by atomic mass is 9.79. The van der Waals surface area contributed by atoms with E-state index < -0.39 is 0 Å². The first kappa shape index (κ1) is 12.8. The molecular formula is C19H19NO. The van der Waals surface area contributed by atoms with Gasteiger partial charge in [0, 0.05) is 18.5 Å². The second kappa shape index (κ2) is 5.12. The van der Waals surface area contributed by atoms with Crippen LogP contribution in [0.15, 0.2) is 60.7 Å². The van der Waals surface area contributed by atoms with Crippen LogP contribution in [0.2, 0.25) is 0 Å². The van der Waals surface area contributed by atoms with E-state index in [9.17, 15) is 4.79 Å². The van der Waals surface area contributed by atoms with E-state index in [4.69, 9.17) is 0 Å². The molecular weight excluding hydrogens is 258 g/mol. The highest BCUT2D eigenvalue weighted by atomic mass is 16.1. The number of carbonyl (C=O) groups excluding carboxylic acids is 1. The Kier molecular flexibility index (Phi) is 3.12. The minimum atomic E-state index is 0.159. The van der Waals surface area contributed by atoms with Gasteiger partial charge in [-0.2, -0.15) is 0 Å². The average molecular weight is 277 g/mol. The van der Waals surface area contributed by atoms with Crippen LogP contribution in [0.1, 0.15) is 29.5 Å². The van der Waals surface area contributed by atoms with Crippen molar-refractivity contribution in [3.05, 3.63) is 71.8 Å². The Balaban J connectivity index is 1.64. The third kappa shape index (κ3) is 2.20. The predicted molar refractivity (Wildman–Crippen MR) is 83.1 cm³/mol. The Labute approximate surface area is 125 Å². The monoisotopic (exact) mass is 277 g/mol. The second-order valence-electron chi connectivity index (χ2n) is 6.20. The summed E-state index contributed by atoms with van der Waals surface area (Å²) in [5, 5.41) is 0. The van der Waals surface area contributed by atoms with Crippen LogP contribution >= 0.6 is 0 Å². The Hall–Kier alpha value is -1.93. The molecule has 2 heteroatoms. The molecule has 0 amide bonds. The molecule has 2 saturated heterocycles. The maximum Gasteiger partial charge on any atom is 0.151 e. The number of benzene rings is 2. The fraction of sp³-hybridized carbons (Fsp3) is 0.316. The molecule has 2 aliphatic heterocycles. The van der Waals surface area contributed by atoms with Crippen LogP contribution in [0.5, 0.6) is 0 Å². The van der Waals surface area contributed by atoms with Gasteiger partial charge < -0.3 is 0 Å². The number of hydrogen-bond acceptors (Lipinski definition) is 2. The molecule has 0 spiro atoms. The molecule has 0 saturated carbocycles. The van der Waals surface area contributed by atoms with Crippen LogP contribution in [0.4, 0.5) is 0 Å². The lowest BCUT2D eigenvalue weighted by molar-refractivity contribution is -0.120. The minimum absolute atomic E-state index is 0.159. The van der Waals surface area contributed by atoms with E-state index >= 15 is 0 Å². The van der Waals surface area contributed by atoms with Gasteiger partial charge in [-0.3, -0.25) is 9.69 Å². The molecule has 2 aliphatic rings. The van der Waals surface area contributed by atoms with Gasteiger partial charge in [0.2, 0.25) is 0 Å². The molecule has 1 unspecified atom stereocenters. The van der Waals surface area contributed by atoms with Crippen LogP contribution in [-0.2, 0) is 4.79 Å². The van der Waals surface area contributed by atoms with Crippen LogP contribution in [0.25, 0.3) is 0 Å². The molecule has 2 fully saturated rings. The zero-order valence-corrected chi connectivity index (χ0v) is 12.0. The summed E-state index contributed by atoms with van der Waals surface area (Å²) >= 11 is 0. The van der Waals surface area contributed by atoms with Crippen LogP contribution in [-0.4, -0.2) is 23.8 Å². The molecule has 21 heavy (non-hydrogen) atoms. The number of fused-ring (bicyclic) bond motifs is 2. The maximum absolute atomic E-state index is 12.4. The summed E-state index contributed by atoms with van der Waals surface area (Å²) in [4.78, 5) is 14.8.